The smallest absolute Gasteiger partial charge is 0.117 e. The number of hydrogen-bond acceptors (Lipinski definition) is 1. The summed E-state index contributed by atoms with van der Waals surface area (Å²) in [5.41, 5.74) is -0.435. The van der Waals surface area contributed by atoms with Crippen LogP contribution in [0.4, 0.5) is 4.39 Å². The molecule has 1 fully saturated rings. The first-order valence-corrected chi connectivity index (χ1v) is 6.19. The average molecular weight is 262 g/mol. The molecule has 2 rings (SSSR count). The Labute approximate surface area is 105 Å². The fraction of sp³-hybridized carbons (Fsp3) is 0.500. The van der Waals surface area contributed by atoms with Crippen LogP contribution in [0, 0.1) is 0 Å². The lowest BCUT2D eigenvalue weighted by molar-refractivity contribution is 0.116. The van der Waals surface area contributed by atoms with Gasteiger partial charge < -0.3 is 5.32 Å². The van der Waals surface area contributed by atoms with E-state index in [0.717, 1.165) is 18.7 Å². The van der Waals surface area contributed by atoms with Crippen LogP contribution in [0.15, 0.2) is 18.2 Å². The van der Waals surface area contributed by atoms with Crippen molar-refractivity contribution in [2.24, 2.45) is 0 Å². The number of benzene rings is 1. The number of halogens is 3. The summed E-state index contributed by atoms with van der Waals surface area (Å²) in [6.45, 7) is 1.44. The molecule has 1 aliphatic heterocycles. The summed E-state index contributed by atoms with van der Waals surface area (Å²) in [7, 11) is 0. The minimum absolute atomic E-state index is 0.313. The Kier molecular flexibility index (Phi) is 3.73. The van der Waals surface area contributed by atoms with Gasteiger partial charge in [-0.15, -0.1) is 0 Å². The molecule has 88 valence electrons. The van der Waals surface area contributed by atoms with Crippen LogP contribution < -0.4 is 5.32 Å². The number of nitrogens with one attached hydrogen (secondary N) is 1. The predicted octanol–water partition coefficient (Wildman–Crippen LogP) is 3.63. The Morgan fingerprint density at radius 2 is 1.75 bits per heavy atom. The fourth-order valence-corrected chi connectivity index (χ4v) is 2.60. The van der Waals surface area contributed by atoms with E-state index in [0.29, 0.717) is 29.3 Å². The van der Waals surface area contributed by atoms with Crippen LogP contribution in [0.25, 0.3) is 0 Å². The van der Waals surface area contributed by atoms with Gasteiger partial charge in [0.25, 0.3) is 0 Å². The zero-order valence-corrected chi connectivity index (χ0v) is 10.4. The molecule has 16 heavy (non-hydrogen) atoms. The van der Waals surface area contributed by atoms with Crippen LogP contribution in [-0.2, 0) is 6.42 Å². The minimum Gasteiger partial charge on any atom is -0.316 e. The molecular formula is C12H14Cl2FN. The van der Waals surface area contributed by atoms with Gasteiger partial charge in [0.15, 0.2) is 0 Å². The fourth-order valence-electron chi connectivity index (χ4n) is 2.07. The summed E-state index contributed by atoms with van der Waals surface area (Å²) in [5.74, 6) is 0. The Bertz CT molecular complexity index is 355. The third-order valence-corrected chi connectivity index (χ3v) is 3.76. The maximum absolute atomic E-state index is 14.5. The van der Waals surface area contributed by atoms with E-state index in [1.807, 2.05) is 0 Å². The van der Waals surface area contributed by atoms with Gasteiger partial charge in [0.2, 0.25) is 0 Å². The molecule has 4 heteroatoms. The van der Waals surface area contributed by atoms with Crippen molar-refractivity contribution >= 4 is 23.2 Å². The maximum Gasteiger partial charge on any atom is 0.117 e. The molecule has 1 aliphatic rings. The molecule has 1 saturated heterocycles. The molecule has 1 aromatic rings. The normalized spacial score (nSPS) is 19.7. The lowest BCUT2D eigenvalue weighted by Crippen LogP contribution is -2.40. The summed E-state index contributed by atoms with van der Waals surface area (Å²) < 4.78 is 14.5. The lowest BCUT2D eigenvalue weighted by Gasteiger charge is -2.30. The zero-order valence-electron chi connectivity index (χ0n) is 8.90. The molecule has 0 unspecified atom stereocenters. The monoisotopic (exact) mass is 261 g/mol. The van der Waals surface area contributed by atoms with Crippen molar-refractivity contribution < 1.29 is 4.39 Å². The molecule has 0 spiro atoms. The second-order valence-corrected chi connectivity index (χ2v) is 5.09. The van der Waals surface area contributed by atoms with Crippen LogP contribution in [0.2, 0.25) is 10.0 Å². The van der Waals surface area contributed by atoms with Crippen molar-refractivity contribution in [3.05, 3.63) is 33.8 Å². The van der Waals surface area contributed by atoms with Gasteiger partial charge >= 0.3 is 0 Å². The van der Waals surface area contributed by atoms with Crippen LogP contribution >= 0.6 is 23.2 Å². The molecular weight excluding hydrogens is 248 g/mol. The van der Waals surface area contributed by atoms with Crippen molar-refractivity contribution in [3.8, 4) is 0 Å². The van der Waals surface area contributed by atoms with Gasteiger partial charge in [0, 0.05) is 16.5 Å². The van der Waals surface area contributed by atoms with Crippen molar-refractivity contribution in [2.75, 3.05) is 13.1 Å². The molecule has 0 radical (unpaired) electrons. The summed E-state index contributed by atoms with van der Waals surface area (Å²) in [6.07, 6.45) is 1.36. The van der Waals surface area contributed by atoms with E-state index < -0.39 is 5.67 Å². The van der Waals surface area contributed by atoms with Crippen molar-refractivity contribution in [3.63, 3.8) is 0 Å². The topological polar surface area (TPSA) is 12.0 Å². The summed E-state index contributed by atoms with van der Waals surface area (Å²) in [6, 6.07) is 5.29. The molecule has 1 nitrogen and oxygen atoms in total. The van der Waals surface area contributed by atoms with E-state index >= 15 is 0 Å². The van der Waals surface area contributed by atoms with E-state index in [2.05, 4.69) is 5.32 Å². The number of hydrogen-bond donors (Lipinski definition) is 1. The first kappa shape index (κ1) is 12.2. The second-order valence-electron chi connectivity index (χ2n) is 4.28. The molecule has 0 saturated carbocycles. The first-order valence-electron chi connectivity index (χ1n) is 5.43. The molecule has 0 bridgehead atoms. The lowest BCUT2D eigenvalue weighted by atomic mass is 9.88. The zero-order chi connectivity index (χ0) is 11.6. The average Bonchev–Trinajstić information content (AvgIpc) is 2.25. The SMILES string of the molecule is FC1(Cc2c(Cl)cccc2Cl)CCNCC1. The van der Waals surface area contributed by atoms with Crippen LogP contribution in [0.3, 0.4) is 0 Å². The molecule has 0 atom stereocenters. The van der Waals surface area contributed by atoms with Gasteiger partial charge in [-0.05, 0) is 43.6 Å². The number of rotatable bonds is 2. The van der Waals surface area contributed by atoms with E-state index in [1.54, 1.807) is 18.2 Å². The summed E-state index contributed by atoms with van der Waals surface area (Å²) in [5, 5.41) is 4.27. The highest BCUT2D eigenvalue weighted by atomic mass is 35.5. The van der Waals surface area contributed by atoms with Crippen LogP contribution in [0.1, 0.15) is 18.4 Å². The van der Waals surface area contributed by atoms with E-state index in [1.165, 1.54) is 0 Å². The van der Waals surface area contributed by atoms with Crippen molar-refractivity contribution in [1.29, 1.82) is 0 Å². The van der Waals surface area contributed by atoms with E-state index in [4.69, 9.17) is 23.2 Å². The molecule has 0 aliphatic carbocycles. The Balaban J connectivity index is 2.19. The molecule has 1 heterocycles. The third kappa shape index (κ3) is 2.68. The van der Waals surface area contributed by atoms with E-state index in [9.17, 15) is 4.39 Å². The van der Waals surface area contributed by atoms with E-state index in [-0.39, 0.29) is 0 Å². The summed E-state index contributed by atoms with van der Waals surface area (Å²) >= 11 is 12.1. The summed E-state index contributed by atoms with van der Waals surface area (Å²) in [4.78, 5) is 0. The highest BCUT2D eigenvalue weighted by Crippen LogP contribution is 2.33. The van der Waals surface area contributed by atoms with Gasteiger partial charge in [-0.2, -0.15) is 0 Å². The van der Waals surface area contributed by atoms with Gasteiger partial charge in [0.05, 0.1) is 0 Å². The predicted molar refractivity (Wildman–Crippen MR) is 66.1 cm³/mol. The highest BCUT2D eigenvalue weighted by molar-refractivity contribution is 6.36. The van der Waals surface area contributed by atoms with Crippen molar-refractivity contribution in [2.45, 2.75) is 24.9 Å². The quantitative estimate of drug-likeness (QED) is 0.858. The number of alkyl halides is 1. The maximum atomic E-state index is 14.5. The van der Waals surface area contributed by atoms with Crippen LogP contribution in [0.5, 0.6) is 0 Å². The number of piperidine rings is 1. The van der Waals surface area contributed by atoms with Crippen molar-refractivity contribution in [1.82, 2.24) is 5.32 Å². The van der Waals surface area contributed by atoms with Gasteiger partial charge in [-0.25, -0.2) is 4.39 Å². The highest BCUT2D eigenvalue weighted by Gasteiger charge is 2.33. The second kappa shape index (κ2) is 4.91. The Hall–Kier alpha value is -0.310. The molecule has 1 aromatic carbocycles. The Morgan fingerprint density at radius 1 is 1.19 bits per heavy atom. The van der Waals surface area contributed by atoms with Gasteiger partial charge in [-0.3, -0.25) is 0 Å². The third-order valence-electron chi connectivity index (χ3n) is 3.05. The largest absolute Gasteiger partial charge is 0.316 e. The van der Waals surface area contributed by atoms with Gasteiger partial charge in [0.1, 0.15) is 5.67 Å². The Morgan fingerprint density at radius 3 is 2.31 bits per heavy atom. The minimum atomic E-state index is -1.17. The molecule has 1 N–H and O–H groups in total. The van der Waals surface area contributed by atoms with Gasteiger partial charge in [-0.1, -0.05) is 29.3 Å². The molecule has 0 amide bonds. The first-order chi connectivity index (χ1) is 7.61. The molecule has 0 aromatic heterocycles. The standard InChI is InChI=1S/C12H14Cl2FN/c13-10-2-1-3-11(14)9(10)8-12(15)4-6-16-7-5-12/h1-3,16H,4-8H2. The van der Waals surface area contributed by atoms with Crippen LogP contribution in [-0.4, -0.2) is 18.8 Å².